The third-order valence-corrected chi connectivity index (χ3v) is 3.87. The maximum absolute atomic E-state index is 6.06. The molecule has 2 heterocycles. The van der Waals surface area contributed by atoms with Crippen LogP contribution in [0.4, 0.5) is 0 Å². The van der Waals surface area contributed by atoms with E-state index in [1.165, 1.54) is 6.42 Å². The van der Waals surface area contributed by atoms with E-state index in [1.807, 2.05) is 18.7 Å². The molecule has 0 aliphatic heterocycles. The van der Waals surface area contributed by atoms with Crippen molar-refractivity contribution < 1.29 is 0 Å². The van der Waals surface area contributed by atoms with Crippen molar-refractivity contribution in [1.82, 2.24) is 19.3 Å². The minimum Gasteiger partial charge on any atom is -0.309 e. The van der Waals surface area contributed by atoms with Gasteiger partial charge in [0.25, 0.3) is 0 Å². The molecule has 4 nitrogen and oxygen atoms in total. The van der Waals surface area contributed by atoms with Crippen molar-refractivity contribution in [1.29, 1.82) is 0 Å². The van der Waals surface area contributed by atoms with Gasteiger partial charge in [0.15, 0.2) is 5.65 Å². The molecule has 0 fully saturated rings. The Hall–Kier alpha value is -1.03. The Kier molecular flexibility index (Phi) is 4.19. The molecule has 0 aliphatic rings. The summed E-state index contributed by atoms with van der Waals surface area (Å²) in [7, 11) is 1.97. The fourth-order valence-electron chi connectivity index (χ4n) is 2.60. The Morgan fingerprint density at radius 1 is 1.21 bits per heavy atom. The molecule has 2 aromatic rings. The molecule has 0 saturated carbocycles. The SMILES string of the molecule is Cc1nn(C)c2c1nc(CCl)n2C(C)CCC(C)C. The number of imidazole rings is 1. The Balaban J connectivity index is 2.44. The van der Waals surface area contributed by atoms with Gasteiger partial charge in [0.05, 0.1) is 11.6 Å². The number of nitrogens with zero attached hydrogens (tertiary/aromatic N) is 4. The average Bonchev–Trinajstić information content (AvgIpc) is 2.85. The second-order valence-corrected chi connectivity index (χ2v) is 6.00. The van der Waals surface area contributed by atoms with Crippen molar-refractivity contribution in [3.8, 4) is 0 Å². The third kappa shape index (κ3) is 2.64. The first kappa shape index (κ1) is 14.4. The quantitative estimate of drug-likeness (QED) is 0.782. The van der Waals surface area contributed by atoms with E-state index in [9.17, 15) is 0 Å². The van der Waals surface area contributed by atoms with Crippen LogP contribution in [-0.4, -0.2) is 19.3 Å². The van der Waals surface area contributed by atoms with Crippen LogP contribution in [0.1, 0.15) is 51.2 Å². The Morgan fingerprint density at radius 3 is 2.47 bits per heavy atom. The summed E-state index contributed by atoms with van der Waals surface area (Å²) < 4.78 is 4.17. The molecule has 0 spiro atoms. The molecule has 2 aromatic heterocycles. The molecule has 0 amide bonds. The normalized spacial score (nSPS) is 13.6. The zero-order chi connectivity index (χ0) is 14.2. The molecule has 106 valence electrons. The summed E-state index contributed by atoms with van der Waals surface area (Å²) in [4.78, 5) is 4.65. The average molecular weight is 283 g/mol. The van der Waals surface area contributed by atoms with Crippen LogP contribution >= 0.6 is 11.6 Å². The first-order valence-corrected chi connectivity index (χ1v) is 7.45. The minimum absolute atomic E-state index is 0.399. The van der Waals surface area contributed by atoms with Crippen LogP contribution < -0.4 is 0 Å². The first-order valence-electron chi connectivity index (χ1n) is 6.92. The number of hydrogen-bond acceptors (Lipinski definition) is 2. The van der Waals surface area contributed by atoms with Gasteiger partial charge in [0, 0.05) is 13.1 Å². The molecule has 0 saturated heterocycles. The lowest BCUT2D eigenvalue weighted by Crippen LogP contribution is -2.12. The molecule has 1 unspecified atom stereocenters. The molecule has 0 N–H and O–H groups in total. The summed E-state index contributed by atoms with van der Waals surface area (Å²) in [5.41, 5.74) is 3.04. The molecule has 19 heavy (non-hydrogen) atoms. The van der Waals surface area contributed by atoms with Crippen LogP contribution in [0.2, 0.25) is 0 Å². The van der Waals surface area contributed by atoms with Crippen molar-refractivity contribution in [2.75, 3.05) is 0 Å². The Labute approximate surface area is 119 Å². The number of rotatable bonds is 5. The maximum atomic E-state index is 6.06. The summed E-state index contributed by atoms with van der Waals surface area (Å²) >= 11 is 6.06. The Morgan fingerprint density at radius 2 is 1.89 bits per heavy atom. The lowest BCUT2D eigenvalue weighted by molar-refractivity contribution is 0.435. The fraction of sp³-hybridized carbons (Fsp3) is 0.714. The molecule has 1 atom stereocenters. The van der Waals surface area contributed by atoms with Gasteiger partial charge in [-0.1, -0.05) is 13.8 Å². The summed E-state index contributed by atoms with van der Waals surface area (Å²) in [6.07, 6.45) is 2.34. The van der Waals surface area contributed by atoms with Crippen LogP contribution in [0.5, 0.6) is 0 Å². The van der Waals surface area contributed by atoms with Gasteiger partial charge in [-0.05, 0) is 32.6 Å². The van der Waals surface area contributed by atoms with Gasteiger partial charge < -0.3 is 4.57 Å². The van der Waals surface area contributed by atoms with Gasteiger partial charge in [0.1, 0.15) is 11.3 Å². The largest absolute Gasteiger partial charge is 0.309 e. The van der Waals surface area contributed by atoms with Gasteiger partial charge in [-0.3, -0.25) is 4.68 Å². The van der Waals surface area contributed by atoms with E-state index in [4.69, 9.17) is 11.6 Å². The smallest absolute Gasteiger partial charge is 0.158 e. The summed E-state index contributed by atoms with van der Waals surface area (Å²) in [5, 5.41) is 4.45. The van der Waals surface area contributed by atoms with Crippen molar-refractivity contribution in [2.45, 2.75) is 52.5 Å². The van der Waals surface area contributed by atoms with Gasteiger partial charge in [-0.25, -0.2) is 4.98 Å². The summed E-state index contributed by atoms with van der Waals surface area (Å²) in [5.74, 6) is 2.11. The van der Waals surface area contributed by atoms with E-state index < -0.39 is 0 Å². The molecule has 2 rings (SSSR count). The van der Waals surface area contributed by atoms with Gasteiger partial charge in [-0.2, -0.15) is 5.10 Å². The number of halogens is 1. The highest BCUT2D eigenvalue weighted by molar-refractivity contribution is 6.16. The molecular formula is C14H23ClN4. The summed E-state index contributed by atoms with van der Waals surface area (Å²) in [6, 6.07) is 0.399. The minimum atomic E-state index is 0.399. The zero-order valence-corrected chi connectivity index (χ0v) is 13.2. The van der Waals surface area contributed by atoms with Gasteiger partial charge in [0.2, 0.25) is 0 Å². The van der Waals surface area contributed by atoms with Crippen LogP contribution in [0.3, 0.4) is 0 Å². The molecule has 0 aliphatic carbocycles. The number of alkyl halides is 1. The van der Waals surface area contributed by atoms with Gasteiger partial charge in [-0.15, -0.1) is 11.6 Å². The first-order chi connectivity index (χ1) is 8.95. The predicted octanol–water partition coefficient (Wildman–Crippen LogP) is 3.81. The third-order valence-electron chi connectivity index (χ3n) is 3.63. The lowest BCUT2D eigenvalue weighted by atomic mass is 10.0. The van der Waals surface area contributed by atoms with Crippen LogP contribution in [0.15, 0.2) is 0 Å². The highest BCUT2D eigenvalue weighted by Gasteiger charge is 2.20. The van der Waals surface area contributed by atoms with E-state index in [0.29, 0.717) is 17.8 Å². The number of aromatic nitrogens is 4. The van der Waals surface area contributed by atoms with Crippen molar-refractivity contribution in [2.24, 2.45) is 13.0 Å². The van der Waals surface area contributed by atoms with Gasteiger partial charge >= 0.3 is 0 Å². The summed E-state index contributed by atoms with van der Waals surface area (Å²) in [6.45, 7) is 8.75. The number of hydrogen-bond donors (Lipinski definition) is 0. The second kappa shape index (κ2) is 5.53. The van der Waals surface area contributed by atoms with E-state index in [1.54, 1.807) is 0 Å². The highest BCUT2D eigenvalue weighted by atomic mass is 35.5. The number of aryl methyl sites for hydroxylation is 2. The fourth-order valence-corrected chi connectivity index (χ4v) is 2.79. The topological polar surface area (TPSA) is 35.6 Å². The van der Waals surface area contributed by atoms with E-state index in [0.717, 1.165) is 29.1 Å². The van der Waals surface area contributed by atoms with Crippen molar-refractivity contribution in [3.05, 3.63) is 11.5 Å². The molecule has 0 bridgehead atoms. The van der Waals surface area contributed by atoms with E-state index in [2.05, 4.69) is 35.4 Å². The zero-order valence-electron chi connectivity index (χ0n) is 12.4. The lowest BCUT2D eigenvalue weighted by Gasteiger charge is -2.18. The molecule has 5 heteroatoms. The standard InChI is InChI=1S/C14H23ClN4/c1-9(2)6-7-10(3)19-12(8-15)16-13-11(4)17-18(5)14(13)19/h9-10H,6-8H2,1-5H3. The van der Waals surface area contributed by atoms with E-state index >= 15 is 0 Å². The number of fused-ring (bicyclic) bond motifs is 1. The molecular weight excluding hydrogens is 260 g/mol. The highest BCUT2D eigenvalue weighted by Crippen LogP contribution is 2.27. The van der Waals surface area contributed by atoms with Crippen LogP contribution in [0.25, 0.3) is 11.2 Å². The Bertz CT molecular complexity index is 568. The monoisotopic (exact) mass is 282 g/mol. The van der Waals surface area contributed by atoms with Crippen molar-refractivity contribution in [3.63, 3.8) is 0 Å². The van der Waals surface area contributed by atoms with Crippen LogP contribution in [-0.2, 0) is 12.9 Å². The van der Waals surface area contributed by atoms with E-state index in [-0.39, 0.29) is 0 Å². The maximum Gasteiger partial charge on any atom is 0.158 e. The second-order valence-electron chi connectivity index (χ2n) is 5.73. The van der Waals surface area contributed by atoms with Crippen LogP contribution in [0, 0.1) is 12.8 Å². The molecule has 0 aromatic carbocycles. The van der Waals surface area contributed by atoms with Crippen molar-refractivity contribution >= 4 is 22.8 Å². The molecule has 0 radical (unpaired) electrons. The predicted molar refractivity (Wildman–Crippen MR) is 79.6 cm³/mol.